The fraction of sp³-hybridized carbons (Fsp3) is 0.133. The number of halogens is 3. The zero-order valence-corrected chi connectivity index (χ0v) is 10.9. The molecule has 2 aromatic carbocycles. The maximum absolute atomic E-state index is 13.2. The Morgan fingerprint density at radius 1 is 1.00 bits per heavy atom. The number of carbonyl (C=O) groups is 1. The Bertz CT molecular complexity index is 609. The van der Waals surface area contributed by atoms with Gasteiger partial charge in [0.25, 0.3) is 0 Å². The summed E-state index contributed by atoms with van der Waals surface area (Å²) in [7, 11) is 0. The van der Waals surface area contributed by atoms with Crippen molar-refractivity contribution in [3.8, 4) is 0 Å². The molecule has 0 bridgehead atoms. The lowest BCUT2D eigenvalue weighted by molar-refractivity contribution is -0.144. The molecule has 0 aliphatic rings. The minimum absolute atomic E-state index is 0.115. The quantitative estimate of drug-likeness (QED) is 0.906. The number of anilines is 1. The van der Waals surface area contributed by atoms with Gasteiger partial charge >= 0.3 is 6.18 Å². The molecule has 0 aliphatic carbocycles. The van der Waals surface area contributed by atoms with Gasteiger partial charge in [0.15, 0.2) is 0 Å². The SMILES string of the molecule is NC(=O)c1ccc(NC(c2ccccc2)C(F)(F)F)cc1. The minimum atomic E-state index is -4.44. The van der Waals surface area contributed by atoms with Crippen LogP contribution in [-0.4, -0.2) is 12.1 Å². The van der Waals surface area contributed by atoms with Gasteiger partial charge in [-0.3, -0.25) is 4.79 Å². The lowest BCUT2D eigenvalue weighted by Gasteiger charge is -2.23. The van der Waals surface area contributed by atoms with E-state index in [0.29, 0.717) is 0 Å². The molecule has 0 heterocycles. The molecule has 2 aromatic rings. The van der Waals surface area contributed by atoms with E-state index in [9.17, 15) is 18.0 Å². The van der Waals surface area contributed by atoms with E-state index in [4.69, 9.17) is 5.73 Å². The van der Waals surface area contributed by atoms with Crippen molar-refractivity contribution in [2.75, 3.05) is 5.32 Å². The summed E-state index contributed by atoms with van der Waals surface area (Å²) in [5, 5.41) is 2.42. The van der Waals surface area contributed by atoms with Gasteiger partial charge in [-0.2, -0.15) is 13.2 Å². The summed E-state index contributed by atoms with van der Waals surface area (Å²) in [6.07, 6.45) is -4.44. The van der Waals surface area contributed by atoms with E-state index in [0.717, 1.165) is 0 Å². The highest BCUT2D eigenvalue weighted by Crippen LogP contribution is 2.35. The third-order valence-electron chi connectivity index (χ3n) is 2.94. The average Bonchev–Trinajstić information content (AvgIpc) is 2.45. The van der Waals surface area contributed by atoms with Crippen molar-refractivity contribution < 1.29 is 18.0 Å². The van der Waals surface area contributed by atoms with Gasteiger partial charge < -0.3 is 11.1 Å². The van der Waals surface area contributed by atoms with Crippen LogP contribution >= 0.6 is 0 Å². The van der Waals surface area contributed by atoms with Crippen molar-refractivity contribution >= 4 is 11.6 Å². The number of benzene rings is 2. The molecule has 6 heteroatoms. The van der Waals surface area contributed by atoms with Crippen LogP contribution in [0.3, 0.4) is 0 Å². The number of hydrogen-bond donors (Lipinski definition) is 2. The van der Waals surface area contributed by atoms with Crippen LogP contribution in [0.5, 0.6) is 0 Å². The molecule has 2 rings (SSSR count). The van der Waals surface area contributed by atoms with Gasteiger partial charge in [0.1, 0.15) is 6.04 Å². The number of alkyl halides is 3. The molecule has 3 nitrogen and oxygen atoms in total. The predicted octanol–water partition coefficient (Wildman–Crippen LogP) is 3.50. The smallest absolute Gasteiger partial charge is 0.370 e. The van der Waals surface area contributed by atoms with E-state index < -0.39 is 18.1 Å². The standard InChI is InChI=1S/C15H13F3N2O/c16-15(17,18)13(10-4-2-1-3-5-10)20-12-8-6-11(7-9-12)14(19)21/h1-9,13,20H,(H2,19,21). The van der Waals surface area contributed by atoms with Gasteiger partial charge in [-0.05, 0) is 29.8 Å². The van der Waals surface area contributed by atoms with E-state index in [1.807, 2.05) is 0 Å². The Morgan fingerprint density at radius 3 is 2.05 bits per heavy atom. The number of amides is 1. The summed E-state index contributed by atoms with van der Waals surface area (Å²) in [4.78, 5) is 10.9. The van der Waals surface area contributed by atoms with Crippen LogP contribution in [0.2, 0.25) is 0 Å². The second-order valence-electron chi connectivity index (χ2n) is 4.47. The first-order valence-corrected chi connectivity index (χ1v) is 6.16. The molecule has 0 saturated heterocycles. The van der Waals surface area contributed by atoms with Gasteiger partial charge in [-0.1, -0.05) is 30.3 Å². The molecule has 0 radical (unpaired) electrons. The van der Waals surface area contributed by atoms with E-state index in [2.05, 4.69) is 5.32 Å². The Hall–Kier alpha value is -2.50. The molecule has 3 N–H and O–H groups in total. The van der Waals surface area contributed by atoms with E-state index >= 15 is 0 Å². The topological polar surface area (TPSA) is 55.1 Å². The average molecular weight is 294 g/mol. The van der Waals surface area contributed by atoms with Crippen molar-refractivity contribution in [2.24, 2.45) is 5.73 Å². The number of hydrogen-bond acceptors (Lipinski definition) is 2. The number of nitrogens with one attached hydrogen (secondary N) is 1. The fourth-order valence-electron chi connectivity index (χ4n) is 1.90. The summed E-state index contributed by atoms with van der Waals surface area (Å²) in [5.41, 5.74) is 5.70. The number of nitrogens with two attached hydrogens (primary N) is 1. The van der Waals surface area contributed by atoms with Gasteiger partial charge in [0.05, 0.1) is 0 Å². The molecule has 21 heavy (non-hydrogen) atoms. The van der Waals surface area contributed by atoms with Crippen LogP contribution in [0.25, 0.3) is 0 Å². The van der Waals surface area contributed by atoms with Crippen molar-refractivity contribution in [3.63, 3.8) is 0 Å². The molecule has 0 aliphatic heterocycles. The van der Waals surface area contributed by atoms with Crippen molar-refractivity contribution in [3.05, 3.63) is 65.7 Å². The third-order valence-corrected chi connectivity index (χ3v) is 2.94. The normalized spacial score (nSPS) is 12.7. The predicted molar refractivity (Wildman–Crippen MR) is 73.8 cm³/mol. The Kier molecular flexibility index (Phi) is 4.16. The first-order chi connectivity index (χ1) is 9.88. The Labute approximate surface area is 119 Å². The van der Waals surface area contributed by atoms with Gasteiger partial charge in [-0.25, -0.2) is 0 Å². The number of carbonyl (C=O) groups excluding carboxylic acids is 1. The molecule has 0 saturated carbocycles. The fourth-order valence-corrected chi connectivity index (χ4v) is 1.90. The highest BCUT2D eigenvalue weighted by atomic mass is 19.4. The van der Waals surface area contributed by atoms with Crippen molar-refractivity contribution in [2.45, 2.75) is 12.2 Å². The van der Waals surface area contributed by atoms with Crippen LogP contribution in [0, 0.1) is 0 Å². The summed E-state index contributed by atoms with van der Waals surface area (Å²) in [5.74, 6) is -0.628. The number of primary amides is 1. The molecule has 0 spiro atoms. The molecule has 110 valence electrons. The molecule has 1 amide bonds. The van der Waals surface area contributed by atoms with Crippen LogP contribution in [-0.2, 0) is 0 Å². The van der Waals surface area contributed by atoms with Crippen LogP contribution in [0.4, 0.5) is 18.9 Å². The Morgan fingerprint density at radius 2 is 1.57 bits per heavy atom. The minimum Gasteiger partial charge on any atom is -0.370 e. The maximum atomic E-state index is 13.2. The van der Waals surface area contributed by atoms with Crippen LogP contribution in [0.15, 0.2) is 54.6 Å². The van der Waals surface area contributed by atoms with Crippen molar-refractivity contribution in [1.29, 1.82) is 0 Å². The molecular formula is C15H13F3N2O. The first-order valence-electron chi connectivity index (χ1n) is 6.16. The largest absolute Gasteiger partial charge is 0.412 e. The summed E-state index contributed by atoms with van der Waals surface area (Å²) in [6, 6.07) is 11.3. The molecule has 1 unspecified atom stereocenters. The maximum Gasteiger partial charge on any atom is 0.412 e. The summed E-state index contributed by atoms with van der Waals surface area (Å²) in [6.45, 7) is 0. The van der Waals surface area contributed by atoms with Crippen LogP contribution in [0.1, 0.15) is 22.0 Å². The lowest BCUT2D eigenvalue weighted by atomic mass is 10.1. The van der Waals surface area contributed by atoms with Gasteiger partial charge in [0.2, 0.25) is 5.91 Å². The molecular weight excluding hydrogens is 281 g/mol. The van der Waals surface area contributed by atoms with Crippen LogP contribution < -0.4 is 11.1 Å². The summed E-state index contributed by atoms with van der Waals surface area (Å²) >= 11 is 0. The monoisotopic (exact) mass is 294 g/mol. The van der Waals surface area contributed by atoms with E-state index in [-0.39, 0.29) is 16.8 Å². The number of rotatable bonds is 4. The second kappa shape index (κ2) is 5.87. The zero-order chi connectivity index (χ0) is 15.5. The molecule has 0 aromatic heterocycles. The Balaban J connectivity index is 2.26. The molecule has 0 fully saturated rings. The second-order valence-corrected chi connectivity index (χ2v) is 4.47. The lowest BCUT2D eigenvalue weighted by Crippen LogP contribution is -2.27. The van der Waals surface area contributed by atoms with Gasteiger partial charge in [0, 0.05) is 11.3 Å². The van der Waals surface area contributed by atoms with E-state index in [1.54, 1.807) is 18.2 Å². The molecule has 1 atom stereocenters. The van der Waals surface area contributed by atoms with Crippen molar-refractivity contribution in [1.82, 2.24) is 0 Å². The first kappa shape index (κ1) is 14.9. The highest BCUT2D eigenvalue weighted by Gasteiger charge is 2.40. The highest BCUT2D eigenvalue weighted by molar-refractivity contribution is 5.93. The van der Waals surface area contributed by atoms with Gasteiger partial charge in [-0.15, -0.1) is 0 Å². The van der Waals surface area contributed by atoms with E-state index in [1.165, 1.54) is 36.4 Å². The summed E-state index contributed by atoms with van der Waals surface area (Å²) < 4.78 is 39.5. The third kappa shape index (κ3) is 3.75. The zero-order valence-electron chi connectivity index (χ0n) is 10.9.